The van der Waals surface area contributed by atoms with Crippen LogP contribution in [-0.4, -0.2) is 48.8 Å². The molecule has 1 aromatic carbocycles. The van der Waals surface area contributed by atoms with Crippen LogP contribution in [0.5, 0.6) is 5.75 Å². The van der Waals surface area contributed by atoms with Gasteiger partial charge in [-0.3, -0.25) is 4.79 Å². The van der Waals surface area contributed by atoms with Crippen molar-refractivity contribution in [3.63, 3.8) is 0 Å². The van der Waals surface area contributed by atoms with Crippen LogP contribution >= 0.6 is 11.6 Å². The summed E-state index contributed by atoms with van der Waals surface area (Å²) in [6.45, 7) is 5.37. The second kappa shape index (κ2) is 6.95. The van der Waals surface area contributed by atoms with Crippen molar-refractivity contribution in [3.8, 4) is 5.75 Å². The number of aliphatic carboxylic acids is 1. The van der Waals surface area contributed by atoms with Crippen molar-refractivity contribution in [2.24, 2.45) is 0 Å². The summed E-state index contributed by atoms with van der Waals surface area (Å²) in [5.74, 6) is 0.182. The molecule has 1 aromatic heterocycles. The fraction of sp³-hybridized carbons (Fsp3) is 0.412. The van der Waals surface area contributed by atoms with E-state index in [2.05, 4.69) is 10.2 Å². The van der Waals surface area contributed by atoms with Gasteiger partial charge in [-0.25, -0.2) is 4.79 Å². The van der Waals surface area contributed by atoms with E-state index in [9.17, 15) is 14.7 Å². The molecule has 1 aliphatic heterocycles. The van der Waals surface area contributed by atoms with Crippen molar-refractivity contribution in [2.75, 3.05) is 0 Å². The minimum absolute atomic E-state index is 0.0734. The molecular formula is C17H19ClN4O4. The standard InChI is InChI=1S/C17H19ClN4O4/c1-9-6-12(4-5-13(9)18)26-10(2)16(23)22-8-15-20-19-11(3)21(15)7-14(22)17(24)25/h4-6,10,14H,7-8H2,1-3H3,(H,24,25). The lowest BCUT2D eigenvalue weighted by Gasteiger charge is -2.35. The Balaban J connectivity index is 1.80. The van der Waals surface area contributed by atoms with E-state index in [0.717, 1.165) is 5.56 Å². The van der Waals surface area contributed by atoms with Crippen LogP contribution in [0.2, 0.25) is 5.02 Å². The quantitative estimate of drug-likeness (QED) is 0.871. The lowest BCUT2D eigenvalue weighted by atomic mass is 10.1. The van der Waals surface area contributed by atoms with Gasteiger partial charge in [0.1, 0.15) is 17.6 Å². The number of halogens is 1. The first-order valence-corrected chi connectivity index (χ1v) is 8.50. The largest absolute Gasteiger partial charge is 0.481 e. The van der Waals surface area contributed by atoms with Crippen LogP contribution in [-0.2, 0) is 22.7 Å². The Morgan fingerprint density at radius 1 is 1.35 bits per heavy atom. The zero-order valence-corrected chi connectivity index (χ0v) is 15.4. The number of nitrogens with zero attached hydrogens (tertiary/aromatic N) is 4. The normalized spacial score (nSPS) is 17.5. The third-order valence-corrected chi connectivity index (χ3v) is 4.84. The van der Waals surface area contributed by atoms with Crippen LogP contribution in [0, 0.1) is 13.8 Å². The van der Waals surface area contributed by atoms with Crippen molar-refractivity contribution in [2.45, 2.75) is 46.0 Å². The molecule has 9 heteroatoms. The molecule has 2 unspecified atom stereocenters. The van der Waals surface area contributed by atoms with Crippen molar-refractivity contribution in [1.82, 2.24) is 19.7 Å². The maximum Gasteiger partial charge on any atom is 0.328 e. The van der Waals surface area contributed by atoms with Gasteiger partial charge in [0.15, 0.2) is 11.9 Å². The summed E-state index contributed by atoms with van der Waals surface area (Å²) >= 11 is 5.99. The second-order valence-corrected chi connectivity index (χ2v) is 6.67. The maximum atomic E-state index is 12.8. The number of hydrogen-bond donors (Lipinski definition) is 1. The number of hydrogen-bond acceptors (Lipinski definition) is 5. The molecule has 2 atom stereocenters. The number of aromatic nitrogens is 3. The highest BCUT2D eigenvalue weighted by molar-refractivity contribution is 6.31. The highest BCUT2D eigenvalue weighted by atomic mass is 35.5. The number of fused-ring (bicyclic) bond motifs is 1. The minimum atomic E-state index is -1.08. The molecule has 2 heterocycles. The Bertz CT molecular complexity index is 866. The van der Waals surface area contributed by atoms with E-state index in [1.54, 1.807) is 36.6 Å². The fourth-order valence-corrected chi connectivity index (χ4v) is 3.05. The first-order valence-electron chi connectivity index (χ1n) is 8.12. The molecule has 26 heavy (non-hydrogen) atoms. The first kappa shape index (κ1) is 18.2. The fourth-order valence-electron chi connectivity index (χ4n) is 2.93. The molecule has 8 nitrogen and oxygen atoms in total. The Morgan fingerprint density at radius 3 is 2.73 bits per heavy atom. The monoisotopic (exact) mass is 378 g/mol. The van der Waals surface area contributed by atoms with E-state index in [-0.39, 0.29) is 13.1 Å². The van der Waals surface area contributed by atoms with Gasteiger partial charge in [-0.2, -0.15) is 0 Å². The van der Waals surface area contributed by atoms with E-state index in [1.165, 1.54) is 4.90 Å². The van der Waals surface area contributed by atoms with Crippen LogP contribution < -0.4 is 4.74 Å². The Hall–Kier alpha value is -2.61. The van der Waals surface area contributed by atoms with Gasteiger partial charge in [0.25, 0.3) is 5.91 Å². The highest BCUT2D eigenvalue weighted by Crippen LogP contribution is 2.24. The maximum absolute atomic E-state index is 12.8. The molecule has 0 radical (unpaired) electrons. The summed E-state index contributed by atoms with van der Waals surface area (Å²) in [7, 11) is 0. The van der Waals surface area contributed by atoms with E-state index in [0.29, 0.717) is 22.4 Å². The molecule has 2 aromatic rings. The average molecular weight is 379 g/mol. The Labute approximate surface area is 155 Å². The van der Waals surface area contributed by atoms with Crippen LogP contribution in [0.4, 0.5) is 0 Å². The summed E-state index contributed by atoms with van der Waals surface area (Å²) in [6.07, 6.45) is -0.854. The number of carbonyl (C=O) groups excluding carboxylic acids is 1. The smallest absolute Gasteiger partial charge is 0.328 e. The zero-order chi connectivity index (χ0) is 19.0. The van der Waals surface area contributed by atoms with Gasteiger partial charge in [-0.15, -0.1) is 10.2 Å². The van der Waals surface area contributed by atoms with Crippen molar-refractivity contribution in [3.05, 3.63) is 40.4 Å². The molecule has 1 amide bonds. The van der Waals surface area contributed by atoms with Gasteiger partial charge in [-0.05, 0) is 44.5 Å². The van der Waals surface area contributed by atoms with Gasteiger partial charge >= 0.3 is 5.97 Å². The van der Waals surface area contributed by atoms with E-state index >= 15 is 0 Å². The van der Waals surface area contributed by atoms with Crippen LogP contribution in [0.15, 0.2) is 18.2 Å². The average Bonchev–Trinajstić information content (AvgIpc) is 2.96. The first-order chi connectivity index (χ1) is 12.3. The predicted octanol–water partition coefficient (Wildman–Crippen LogP) is 1.81. The third kappa shape index (κ3) is 3.37. The molecule has 0 saturated carbocycles. The second-order valence-electron chi connectivity index (χ2n) is 6.27. The van der Waals surface area contributed by atoms with Crippen molar-refractivity contribution < 1.29 is 19.4 Å². The summed E-state index contributed by atoms with van der Waals surface area (Å²) in [5, 5.41) is 18.1. The number of ether oxygens (including phenoxy) is 1. The highest BCUT2D eigenvalue weighted by Gasteiger charge is 2.38. The summed E-state index contributed by atoms with van der Waals surface area (Å²) in [4.78, 5) is 25.8. The number of carboxylic acid groups (broad SMARTS) is 1. The molecule has 0 spiro atoms. The predicted molar refractivity (Wildman–Crippen MR) is 93.0 cm³/mol. The molecule has 0 saturated heterocycles. The number of amides is 1. The van der Waals surface area contributed by atoms with Crippen molar-refractivity contribution >= 4 is 23.5 Å². The number of carboxylic acids is 1. The molecule has 1 N–H and O–H groups in total. The Morgan fingerprint density at radius 2 is 2.08 bits per heavy atom. The molecule has 138 valence electrons. The van der Waals surface area contributed by atoms with E-state index in [4.69, 9.17) is 16.3 Å². The van der Waals surface area contributed by atoms with E-state index < -0.39 is 24.0 Å². The Kier molecular flexibility index (Phi) is 4.86. The molecule has 0 aliphatic carbocycles. The van der Waals surface area contributed by atoms with Crippen LogP contribution in [0.3, 0.4) is 0 Å². The molecule has 1 aliphatic rings. The topological polar surface area (TPSA) is 97.5 Å². The van der Waals surface area contributed by atoms with Gasteiger partial charge < -0.3 is 19.3 Å². The SMILES string of the molecule is Cc1cc(OC(C)C(=O)N2Cc3nnc(C)n3CC2C(=O)O)ccc1Cl. The zero-order valence-electron chi connectivity index (χ0n) is 14.6. The number of benzene rings is 1. The van der Waals surface area contributed by atoms with Gasteiger partial charge in [0.2, 0.25) is 0 Å². The third-order valence-electron chi connectivity index (χ3n) is 4.41. The van der Waals surface area contributed by atoms with Crippen molar-refractivity contribution in [1.29, 1.82) is 0 Å². The molecular weight excluding hydrogens is 360 g/mol. The summed E-state index contributed by atoms with van der Waals surface area (Å²) in [6, 6.07) is 4.10. The lowest BCUT2D eigenvalue weighted by Crippen LogP contribution is -2.54. The van der Waals surface area contributed by atoms with Gasteiger partial charge in [0.05, 0.1) is 13.1 Å². The molecule has 0 bridgehead atoms. The minimum Gasteiger partial charge on any atom is -0.481 e. The molecule has 3 rings (SSSR count). The van der Waals surface area contributed by atoms with Gasteiger partial charge in [-0.1, -0.05) is 11.6 Å². The number of aryl methyl sites for hydroxylation is 2. The summed E-state index contributed by atoms with van der Waals surface area (Å²) < 4.78 is 7.42. The van der Waals surface area contributed by atoms with Gasteiger partial charge in [0, 0.05) is 5.02 Å². The summed E-state index contributed by atoms with van der Waals surface area (Å²) in [5.41, 5.74) is 0.828. The van der Waals surface area contributed by atoms with Crippen LogP contribution in [0.1, 0.15) is 24.1 Å². The lowest BCUT2D eigenvalue weighted by molar-refractivity contribution is -0.155. The number of carbonyl (C=O) groups is 2. The molecule has 0 fully saturated rings. The number of rotatable bonds is 4. The van der Waals surface area contributed by atoms with E-state index in [1.807, 2.05) is 6.92 Å². The van der Waals surface area contributed by atoms with Crippen LogP contribution in [0.25, 0.3) is 0 Å².